The molecule has 0 unspecified atom stereocenters. The Morgan fingerprint density at radius 1 is 1.03 bits per heavy atom. The molecule has 0 radical (unpaired) electrons. The molecule has 0 aliphatic carbocycles. The lowest BCUT2D eigenvalue weighted by Crippen LogP contribution is -2.20. The van der Waals surface area contributed by atoms with Gasteiger partial charge in [0, 0.05) is 18.0 Å². The molecule has 2 aromatic carbocycles. The summed E-state index contributed by atoms with van der Waals surface area (Å²) < 4.78 is 3.50. The predicted octanol–water partition coefficient (Wildman–Crippen LogP) is 4.85. The number of nitrogens with zero attached hydrogens (tertiary/aromatic N) is 6. The lowest BCUT2D eigenvalue weighted by molar-refractivity contribution is 0.857. The van der Waals surface area contributed by atoms with Gasteiger partial charge >= 0.3 is 0 Å². The van der Waals surface area contributed by atoms with Crippen molar-refractivity contribution >= 4 is 50.0 Å². The number of thioether (sulfide) groups is 1. The zero-order chi connectivity index (χ0) is 22.5. The van der Waals surface area contributed by atoms with Gasteiger partial charge in [0.1, 0.15) is 22.0 Å². The van der Waals surface area contributed by atoms with Crippen molar-refractivity contribution in [2.45, 2.75) is 17.7 Å². The van der Waals surface area contributed by atoms with Gasteiger partial charge in [-0.3, -0.25) is 13.8 Å². The molecule has 0 bridgehead atoms. The minimum atomic E-state index is -0.0803. The first-order valence-corrected chi connectivity index (χ1v) is 12.2. The zero-order valence-corrected chi connectivity index (χ0v) is 19.5. The topological polar surface area (TPSA) is 78.0 Å². The SMILES string of the molecule is Cc1ccc(-c2csc3ncnc(SCc4nnc5n(C)c(=O)c6ccccc6n45)c23)cc1. The Balaban J connectivity index is 1.44. The minimum Gasteiger partial charge on any atom is -0.279 e. The summed E-state index contributed by atoms with van der Waals surface area (Å²) in [6, 6.07) is 16.1. The van der Waals surface area contributed by atoms with E-state index in [2.05, 4.69) is 56.7 Å². The van der Waals surface area contributed by atoms with E-state index in [0.29, 0.717) is 16.9 Å². The number of hydrogen-bond donors (Lipinski definition) is 0. The number of hydrogen-bond acceptors (Lipinski definition) is 7. The van der Waals surface area contributed by atoms with Crippen LogP contribution < -0.4 is 5.56 Å². The Kier molecular flexibility index (Phi) is 4.74. The second-order valence-electron chi connectivity index (χ2n) is 7.80. The van der Waals surface area contributed by atoms with Crippen molar-refractivity contribution in [3.63, 3.8) is 0 Å². The van der Waals surface area contributed by atoms with Crippen LogP contribution in [0.2, 0.25) is 0 Å². The summed E-state index contributed by atoms with van der Waals surface area (Å²) in [6.07, 6.45) is 1.61. The lowest BCUT2D eigenvalue weighted by atomic mass is 10.1. The molecule has 6 rings (SSSR count). The van der Waals surface area contributed by atoms with Crippen molar-refractivity contribution in [3.05, 3.63) is 82.0 Å². The highest BCUT2D eigenvalue weighted by Gasteiger charge is 2.17. The van der Waals surface area contributed by atoms with Gasteiger partial charge in [0.05, 0.1) is 22.0 Å². The Hall–Kier alpha value is -3.56. The second kappa shape index (κ2) is 7.79. The van der Waals surface area contributed by atoms with Gasteiger partial charge in [-0.1, -0.05) is 53.7 Å². The second-order valence-corrected chi connectivity index (χ2v) is 9.62. The molecular formula is C24H18N6OS2. The highest BCUT2D eigenvalue weighted by atomic mass is 32.2. The van der Waals surface area contributed by atoms with Gasteiger partial charge in [0.15, 0.2) is 0 Å². The first-order chi connectivity index (χ1) is 16.1. The van der Waals surface area contributed by atoms with Gasteiger partial charge < -0.3 is 0 Å². The summed E-state index contributed by atoms with van der Waals surface area (Å²) in [4.78, 5) is 22.7. The third-order valence-corrected chi connectivity index (χ3v) is 7.60. The number of aryl methyl sites for hydroxylation is 2. The van der Waals surface area contributed by atoms with Crippen molar-refractivity contribution in [2.75, 3.05) is 0 Å². The number of aromatic nitrogens is 6. The number of para-hydroxylation sites is 1. The molecule has 0 saturated heterocycles. The summed E-state index contributed by atoms with van der Waals surface area (Å²) in [5, 5.41) is 13.5. The average molecular weight is 471 g/mol. The first kappa shape index (κ1) is 20.1. The average Bonchev–Trinajstić information content (AvgIpc) is 3.47. The van der Waals surface area contributed by atoms with Gasteiger partial charge in [-0.05, 0) is 24.6 Å². The van der Waals surface area contributed by atoms with Crippen molar-refractivity contribution < 1.29 is 0 Å². The predicted molar refractivity (Wildman–Crippen MR) is 133 cm³/mol. The summed E-state index contributed by atoms with van der Waals surface area (Å²) in [7, 11) is 1.73. The maximum atomic E-state index is 12.7. The van der Waals surface area contributed by atoms with E-state index in [4.69, 9.17) is 0 Å². The van der Waals surface area contributed by atoms with Crippen LogP contribution >= 0.6 is 23.1 Å². The molecule has 0 saturated carbocycles. The molecule has 6 aromatic rings. The standard InChI is InChI=1S/C24H18N6OS2/c1-14-7-9-15(10-8-14)17-11-32-21-20(17)22(26-13-25-21)33-12-19-27-28-24-29(2)23(31)16-5-3-4-6-18(16)30(19)24/h3-11,13H,12H2,1-2H3. The molecule has 0 atom stereocenters. The van der Waals surface area contributed by atoms with Crippen LogP contribution in [0.5, 0.6) is 0 Å². The fraction of sp³-hybridized carbons (Fsp3) is 0.125. The fourth-order valence-electron chi connectivity index (χ4n) is 4.02. The number of thiophene rings is 1. The lowest BCUT2D eigenvalue weighted by Gasteiger charge is -2.08. The number of benzene rings is 2. The van der Waals surface area contributed by atoms with Gasteiger partial charge in [-0.15, -0.1) is 21.5 Å². The van der Waals surface area contributed by atoms with Crippen molar-refractivity contribution in [1.29, 1.82) is 0 Å². The van der Waals surface area contributed by atoms with Crippen LogP contribution in [-0.2, 0) is 12.8 Å². The third-order valence-electron chi connectivity index (χ3n) is 5.73. The largest absolute Gasteiger partial charge is 0.279 e. The molecule has 4 heterocycles. The van der Waals surface area contributed by atoms with Crippen molar-refractivity contribution in [1.82, 2.24) is 29.1 Å². The molecule has 0 N–H and O–H groups in total. The minimum absolute atomic E-state index is 0.0803. The molecule has 162 valence electrons. The van der Waals surface area contributed by atoms with Crippen LogP contribution in [-0.4, -0.2) is 29.1 Å². The van der Waals surface area contributed by atoms with Crippen LogP contribution in [0.15, 0.2) is 70.1 Å². The smallest absolute Gasteiger partial charge is 0.262 e. The van der Waals surface area contributed by atoms with Crippen LogP contribution in [0.1, 0.15) is 11.4 Å². The number of rotatable bonds is 4. The maximum Gasteiger partial charge on any atom is 0.262 e. The van der Waals surface area contributed by atoms with E-state index in [1.807, 2.05) is 28.7 Å². The molecular weight excluding hydrogens is 452 g/mol. The maximum absolute atomic E-state index is 12.7. The molecule has 0 aliphatic heterocycles. The van der Waals surface area contributed by atoms with Crippen LogP contribution in [0, 0.1) is 6.92 Å². The highest BCUT2D eigenvalue weighted by molar-refractivity contribution is 7.98. The van der Waals surface area contributed by atoms with Gasteiger partial charge in [0.25, 0.3) is 5.56 Å². The van der Waals surface area contributed by atoms with E-state index < -0.39 is 0 Å². The molecule has 33 heavy (non-hydrogen) atoms. The summed E-state index contributed by atoms with van der Waals surface area (Å²) in [5.41, 5.74) is 4.24. The quantitative estimate of drug-likeness (QED) is 0.271. The summed E-state index contributed by atoms with van der Waals surface area (Å²) >= 11 is 3.23. The number of fused-ring (bicyclic) bond motifs is 4. The van der Waals surface area contributed by atoms with Gasteiger partial charge in [-0.25, -0.2) is 9.97 Å². The molecule has 0 spiro atoms. The summed E-state index contributed by atoms with van der Waals surface area (Å²) in [6.45, 7) is 2.09. The van der Waals surface area contributed by atoms with E-state index in [1.54, 1.807) is 41.0 Å². The molecule has 7 nitrogen and oxygen atoms in total. The van der Waals surface area contributed by atoms with Crippen LogP contribution in [0.4, 0.5) is 0 Å². The Morgan fingerprint density at radius 2 is 1.85 bits per heavy atom. The monoisotopic (exact) mass is 470 g/mol. The molecule has 0 aliphatic rings. The van der Waals surface area contributed by atoms with E-state index in [0.717, 1.165) is 37.7 Å². The van der Waals surface area contributed by atoms with Crippen LogP contribution in [0.3, 0.4) is 0 Å². The first-order valence-electron chi connectivity index (χ1n) is 10.4. The fourth-order valence-corrected chi connectivity index (χ4v) is 5.93. The zero-order valence-electron chi connectivity index (χ0n) is 17.9. The molecule has 4 aromatic heterocycles. The molecule has 9 heteroatoms. The Morgan fingerprint density at radius 3 is 2.70 bits per heavy atom. The Bertz CT molecular complexity index is 1720. The van der Waals surface area contributed by atoms with Gasteiger partial charge in [-0.2, -0.15) is 0 Å². The Labute approximate surface area is 196 Å². The van der Waals surface area contributed by atoms with E-state index in [1.165, 1.54) is 5.56 Å². The van der Waals surface area contributed by atoms with Crippen molar-refractivity contribution in [3.8, 4) is 11.1 Å². The van der Waals surface area contributed by atoms with Crippen molar-refractivity contribution in [2.24, 2.45) is 7.05 Å². The van der Waals surface area contributed by atoms with Crippen LogP contribution in [0.25, 0.3) is 38.0 Å². The van der Waals surface area contributed by atoms with E-state index >= 15 is 0 Å². The van der Waals surface area contributed by atoms with E-state index in [9.17, 15) is 4.79 Å². The van der Waals surface area contributed by atoms with Gasteiger partial charge in [0.2, 0.25) is 5.78 Å². The molecule has 0 fully saturated rings. The normalized spacial score (nSPS) is 11.7. The third kappa shape index (κ3) is 3.23. The molecule has 0 amide bonds. The highest BCUT2D eigenvalue weighted by Crippen LogP contribution is 2.38. The van der Waals surface area contributed by atoms with E-state index in [-0.39, 0.29) is 5.56 Å². The summed E-state index contributed by atoms with van der Waals surface area (Å²) in [5.74, 6) is 1.84.